The molecule has 2 fully saturated rings. The van der Waals surface area contributed by atoms with Crippen LogP contribution in [0.5, 0.6) is 0 Å². The molecule has 2 rings (SSSR count). The Balaban J connectivity index is 1.83. The van der Waals surface area contributed by atoms with Crippen LogP contribution in [0.4, 0.5) is 0 Å². The maximum atomic E-state index is 12.5. The third kappa shape index (κ3) is 4.93. The lowest BCUT2D eigenvalue weighted by molar-refractivity contribution is -0.135. The Morgan fingerprint density at radius 2 is 1.65 bits per heavy atom. The molecule has 0 spiro atoms. The van der Waals surface area contributed by atoms with Crippen LogP contribution in [-0.4, -0.2) is 53.8 Å². The molecule has 2 N–H and O–H groups in total. The van der Waals surface area contributed by atoms with E-state index in [2.05, 4.69) is 6.92 Å². The summed E-state index contributed by atoms with van der Waals surface area (Å²) < 4.78 is 0. The molecule has 1 aliphatic heterocycles. The van der Waals surface area contributed by atoms with E-state index in [1.54, 1.807) is 0 Å². The maximum absolute atomic E-state index is 12.5. The molecule has 2 amide bonds. The summed E-state index contributed by atoms with van der Waals surface area (Å²) in [6.45, 7) is 6.86. The van der Waals surface area contributed by atoms with Crippen molar-refractivity contribution >= 4 is 11.8 Å². The Hall–Kier alpha value is -1.10. The van der Waals surface area contributed by atoms with Gasteiger partial charge in [-0.25, -0.2) is 0 Å². The maximum Gasteiger partial charge on any atom is 0.239 e. The first-order valence-electron chi connectivity index (χ1n) is 9.35. The predicted octanol–water partition coefficient (Wildman–Crippen LogP) is 2.00. The van der Waals surface area contributed by atoms with Gasteiger partial charge in [-0.2, -0.15) is 0 Å². The highest BCUT2D eigenvalue weighted by Gasteiger charge is 2.28. The fraction of sp³-hybridized carbons (Fsp3) is 0.889. The van der Waals surface area contributed by atoms with E-state index in [1.165, 1.54) is 25.7 Å². The molecule has 5 heteroatoms. The Morgan fingerprint density at radius 3 is 2.30 bits per heavy atom. The van der Waals surface area contributed by atoms with Gasteiger partial charge in [-0.1, -0.05) is 33.1 Å². The first-order chi connectivity index (χ1) is 11.0. The SMILES string of the molecule is CCC(C)C(N)C(=O)N1CCCN(C(=O)CC2CCCC2)CC1. The van der Waals surface area contributed by atoms with Crippen molar-refractivity contribution in [1.82, 2.24) is 9.80 Å². The minimum absolute atomic E-state index is 0.0458. The minimum Gasteiger partial charge on any atom is -0.341 e. The van der Waals surface area contributed by atoms with Crippen molar-refractivity contribution in [3.05, 3.63) is 0 Å². The first kappa shape index (κ1) is 18.2. The molecule has 0 radical (unpaired) electrons. The summed E-state index contributed by atoms with van der Waals surface area (Å²) in [6.07, 6.45) is 7.41. The molecule has 1 heterocycles. The lowest BCUT2D eigenvalue weighted by Gasteiger charge is -2.27. The van der Waals surface area contributed by atoms with Gasteiger partial charge in [0.2, 0.25) is 11.8 Å². The Morgan fingerprint density at radius 1 is 1.04 bits per heavy atom. The number of rotatable bonds is 5. The average Bonchev–Trinajstić information content (AvgIpc) is 2.94. The molecule has 1 saturated heterocycles. The molecule has 132 valence electrons. The first-order valence-corrected chi connectivity index (χ1v) is 9.35. The molecule has 1 aliphatic carbocycles. The van der Waals surface area contributed by atoms with Crippen LogP contribution < -0.4 is 5.73 Å². The number of carbonyl (C=O) groups is 2. The molecular formula is C18H33N3O2. The van der Waals surface area contributed by atoms with Crippen LogP contribution in [-0.2, 0) is 9.59 Å². The van der Waals surface area contributed by atoms with E-state index in [9.17, 15) is 9.59 Å². The second-order valence-electron chi connectivity index (χ2n) is 7.33. The largest absolute Gasteiger partial charge is 0.341 e. The summed E-state index contributed by atoms with van der Waals surface area (Å²) in [5, 5.41) is 0. The summed E-state index contributed by atoms with van der Waals surface area (Å²) in [5.41, 5.74) is 6.08. The van der Waals surface area contributed by atoms with Crippen molar-refractivity contribution in [3.8, 4) is 0 Å². The van der Waals surface area contributed by atoms with E-state index in [0.717, 1.165) is 25.9 Å². The lowest BCUT2D eigenvalue weighted by Crippen LogP contribution is -2.48. The van der Waals surface area contributed by atoms with Crippen LogP contribution in [0.15, 0.2) is 0 Å². The highest BCUT2D eigenvalue weighted by Crippen LogP contribution is 2.28. The normalized spacial score (nSPS) is 22.7. The summed E-state index contributed by atoms with van der Waals surface area (Å²) in [4.78, 5) is 28.8. The van der Waals surface area contributed by atoms with Crippen molar-refractivity contribution in [2.24, 2.45) is 17.6 Å². The van der Waals surface area contributed by atoms with Crippen molar-refractivity contribution in [1.29, 1.82) is 0 Å². The van der Waals surface area contributed by atoms with Gasteiger partial charge in [0.05, 0.1) is 6.04 Å². The number of hydrogen-bond acceptors (Lipinski definition) is 3. The van der Waals surface area contributed by atoms with E-state index >= 15 is 0 Å². The lowest BCUT2D eigenvalue weighted by atomic mass is 9.99. The third-order valence-electron chi connectivity index (χ3n) is 5.64. The molecule has 0 bridgehead atoms. The zero-order chi connectivity index (χ0) is 16.8. The quantitative estimate of drug-likeness (QED) is 0.841. The summed E-state index contributed by atoms with van der Waals surface area (Å²) in [6, 6.07) is -0.416. The fourth-order valence-electron chi connectivity index (χ4n) is 3.69. The highest BCUT2D eigenvalue weighted by atomic mass is 16.2. The van der Waals surface area contributed by atoms with Crippen LogP contribution >= 0.6 is 0 Å². The molecule has 23 heavy (non-hydrogen) atoms. The van der Waals surface area contributed by atoms with Gasteiger partial charge in [0.25, 0.3) is 0 Å². The summed E-state index contributed by atoms with van der Waals surface area (Å²) in [5.74, 6) is 1.11. The molecule has 0 aromatic heterocycles. The van der Waals surface area contributed by atoms with Gasteiger partial charge in [0.1, 0.15) is 0 Å². The second-order valence-corrected chi connectivity index (χ2v) is 7.33. The second kappa shape index (κ2) is 8.67. The Kier molecular flexibility index (Phi) is 6.88. The minimum atomic E-state index is -0.416. The summed E-state index contributed by atoms with van der Waals surface area (Å²) in [7, 11) is 0. The average molecular weight is 323 g/mol. The molecular weight excluding hydrogens is 290 g/mol. The van der Waals surface area contributed by atoms with E-state index in [4.69, 9.17) is 5.73 Å². The molecule has 5 nitrogen and oxygen atoms in total. The number of nitrogens with zero attached hydrogens (tertiary/aromatic N) is 2. The highest BCUT2D eigenvalue weighted by molar-refractivity contribution is 5.82. The number of nitrogens with two attached hydrogens (primary N) is 1. The van der Waals surface area contributed by atoms with Crippen LogP contribution in [0.25, 0.3) is 0 Å². The van der Waals surface area contributed by atoms with Gasteiger partial charge < -0.3 is 15.5 Å². The van der Waals surface area contributed by atoms with E-state index in [-0.39, 0.29) is 17.7 Å². The van der Waals surface area contributed by atoms with Gasteiger partial charge in [-0.15, -0.1) is 0 Å². The molecule has 2 aliphatic rings. The van der Waals surface area contributed by atoms with Gasteiger partial charge in [0.15, 0.2) is 0 Å². The standard InChI is InChI=1S/C18H33N3O2/c1-3-14(2)17(19)18(23)21-10-6-9-20(11-12-21)16(22)13-15-7-4-5-8-15/h14-15,17H,3-13,19H2,1-2H3. The smallest absolute Gasteiger partial charge is 0.239 e. The molecule has 0 aromatic rings. The van der Waals surface area contributed by atoms with Crippen molar-refractivity contribution in [3.63, 3.8) is 0 Å². The van der Waals surface area contributed by atoms with Crippen LogP contribution in [0, 0.1) is 11.8 Å². The van der Waals surface area contributed by atoms with Crippen molar-refractivity contribution in [2.75, 3.05) is 26.2 Å². The van der Waals surface area contributed by atoms with Gasteiger partial charge in [-0.3, -0.25) is 9.59 Å². The molecule has 2 unspecified atom stereocenters. The van der Waals surface area contributed by atoms with Gasteiger partial charge >= 0.3 is 0 Å². The zero-order valence-electron chi connectivity index (χ0n) is 14.8. The molecule has 0 aromatic carbocycles. The topological polar surface area (TPSA) is 66.6 Å². The number of amides is 2. The van der Waals surface area contributed by atoms with Crippen LogP contribution in [0.1, 0.15) is 58.8 Å². The Labute approximate surface area is 140 Å². The van der Waals surface area contributed by atoms with Crippen molar-refractivity contribution < 1.29 is 9.59 Å². The van der Waals surface area contributed by atoms with E-state index < -0.39 is 6.04 Å². The summed E-state index contributed by atoms with van der Waals surface area (Å²) >= 11 is 0. The van der Waals surface area contributed by atoms with E-state index in [0.29, 0.717) is 25.4 Å². The Bertz CT molecular complexity index is 407. The van der Waals surface area contributed by atoms with Crippen LogP contribution in [0.3, 0.4) is 0 Å². The predicted molar refractivity (Wildman–Crippen MR) is 91.8 cm³/mol. The number of carbonyl (C=O) groups excluding carboxylic acids is 2. The van der Waals surface area contributed by atoms with Gasteiger partial charge in [-0.05, 0) is 31.1 Å². The van der Waals surface area contributed by atoms with Crippen LogP contribution in [0.2, 0.25) is 0 Å². The monoisotopic (exact) mass is 323 g/mol. The zero-order valence-corrected chi connectivity index (χ0v) is 14.8. The fourth-order valence-corrected chi connectivity index (χ4v) is 3.69. The van der Waals surface area contributed by atoms with Gasteiger partial charge in [0, 0.05) is 32.6 Å². The molecule has 1 saturated carbocycles. The van der Waals surface area contributed by atoms with Crippen molar-refractivity contribution in [2.45, 2.75) is 64.8 Å². The third-order valence-corrected chi connectivity index (χ3v) is 5.64. The number of hydrogen-bond donors (Lipinski definition) is 1. The molecule has 2 atom stereocenters. The van der Waals surface area contributed by atoms with E-state index in [1.807, 2.05) is 16.7 Å².